The van der Waals surface area contributed by atoms with Gasteiger partial charge >= 0.3 is 0 Å². The SMILES string of the molecule is COc1cc(/C=C2/SC(=O)N(CC(=O)Nc3ccc(C(C)C)cc3)C2=O)ccc1OCC(=O)Nc1cc(C)c(C)cc1Br. The quantitative estimate of drug-likeness (QED) is 0.227. The minimum Gasteiger partial charge on any atom is -0.493 e. The second-order valence-electron chi connectivity index (χ2n) is 10.3. The van der Waals surface area contributed by atoms with Crippen LogP contribution in [0.2, 0.25) is 0 Å². The molecule has 43 heavy (non-hydrogen) atoms. The maximum absolute atomic E-state index is 13.0. The third-order valence-electron chi connectivity index (χ3n) is 6.74. The van der Waals surface area contributed by atoms with Crippen LogP contribution in [0, 0.1) is 13.8 Å². The fraction of sp³-hybridized carbons (Fsp3) is 0.250. The molecule has 0 aromatic heterocycles. The smallest absolute Gasteiger partial charge is 0.294 e. The van der Waals surface area contributed by atoms with Crippen molar-refractivity contribution in [1.82, 2.24) is 4.90 Å². The Balaban J connectivity index is 1.37. The molecule has 0 unspecified atom stereocenters. The maximum atomic E-state index is 13.0. The van der Waals surface area contributed by atoms with Gasteiger partial charge in [0, 0.05) is 10.2 Å². The molecule has 11 heteroatoms. The van der Waals surface area contributed by atoms with Crippen molar-refractivity contribution < 1.29 is 28.7 Å². The lowest BCUT2D eigenvalue weighted by atomic mass is 10.0. The van der Waals surface area contributed by atoms with Gasteiger partial charge in [0.15, 0.2) is 18.1 Å². The molecule has 1 aliphatic heterocycles. The lowest BCUT2D eigenvalue weighted by molar-refractivity contribution is -0.127. The van der Waals surface area contributed by atoms with E-state index in [2.05, 4.69) is 40.4 Å². The van der Waals surface area contributed by atoms with E-state index in [1.54, 1.807) is 36.4 Å². The van der Waals surface area contributed by atoms with Crippen molar-refractivity contribution in [3.8, 4) is 11.5 Å². The molecule has 1 saturated heterocycles. The van der Waals surface area contributed by atoms with E-state index in [1.807, 2.05) is 38.1 Å². The molecule has 4 amide bonds. The van der Waals surface area contributed by atoms with Crippen molar-refractivity contribution in [2.24, 2.45) is 0 Å². The number of thioether (sulfide) groups is 1. The second-order valence-corrected chi connectivity index (χ2v) is 12.1. The van der Waals surface area contributed by atoms with Gasteiger partial charge in [0.05, 0.1) is 17.7 Å². The van der Waals surface area contributed by atoms with Crippen LogP contribution in [-0.4, -0.2) is 48.1 Å². The van der Waals surface area contributed by atoms with E-state index in [-0.39, 0.29) is 17.4 Å². The average Bonchev–Trinajstić information content (AvgIpc) is 3.22. The van der Waals surface area contributed by atoms with Crippen LogP contribution >= 0.6 is 27.7 Å². The zero-order valence-corrected chi connectivity index (χ0v) is 26.9. The summed E-state index contributed by atoms with van der Waals surface area (Å²) in [5, 5.41) is 5.02. The van der Waals surface area contributed by atoms with E-state index in [4.69, 9.17) is 9.47 Å². The van der Waals surface area contributed by atoms with Gasteiger partial charge in [-0.3, -0.25) is 24.1 Å². The number of rotatable bonds is 10. The van der Waals surface area contributed by atoms with Crippen molar-refractivity contribution in [1.29, 1.82) is 0 Å². The highest BCUT2D eigenvalue weighted by Crippen LogP contribution is 2.35. The van der Waals surface area contributed by atoms with E-state index in [9.17, 15) is 19.2 Å². The second kappa shape index (κ2) is 13.9. The van der Waals surface area contributed by atoms with Crippen molar-refractivity contribution in [2.45, 2.75) is 33.6 Å². The third-order valence-corrected chi connectivity index (χ3v) is 8.30. The molecule has 0 saturated carbocycles. The first-order chi connectivity index (χ1) is 20.4. The number of carbonyl (C=O) groups is 4. The fourth-order valence-corrected chi connectivity index (χ4v) is 5.58. The summed E-state index contributed by atoms with van der Waals surface area (Å²) in [6.07, 6.45) is 1.55. The zero-order chi connectivity index (χ0) is 31.3. The minimum absolute atomic E-state index is 0.174. The van der Waals surface area contributed by atoms with Crippen molar-refractivity contribution in [3.05, 3.63) is 86.2 Å². The lowest BCUT2D eigenvalue weighted by Crippen LogP contribution is -2.36. The van der Waals surface area contributed by atoms with Crippen molar-refractivity contribution in [3.63, 3.8) is 0 Å². The topological polar surface area (TPSA) is 114 Å². The lowest BCUT2D eigenvalue weighted by Gasteiger charge is -2.13. The molecule has 224 valence electrons. The molecule has 3 aromatic rings. The minimum atomic E-state index is -0.561. The molecule has 0 aliphatic carbocycles. The van der Waals surface area contributed by atoms with Crippen LogP contribution in [0.5, 0.6) is 11.5 Å². The predicted molar refractivity (Wildman–Crippen MR) is 173 cm³/mol. The van der Waals surface area contributed by atoms with E-state index in [1.165, 1.54) is 7.11 Å². The van der Waals surface area contributed by atoms with E-state index >= 15 is 0 Å². The predicted octanol–water partition coefficient (Wildman–Crippen LogP) is 6.89. The van der Waals surface area contributed by atoms with Crippen LogP contribution in [0.25, 0.3) is 6.08 Å². The van der Waals surface area contributed by atoms with Gasteiger partial charge in [-0.1, -0.05) is 32.0 Å². The number of anilines is 2. The maximum Gasteiger partial charge on any atom is 0.294 e. The number of nitrogens with zero attached hydrogens (tertiary/aromatic N) is 1. The number of benzene rings is 3. The Bertz CT molecular complexity index is 1600. The molecule has 4 rings (SSSR count). The largest absolute Gasteiger partial charge is 0.493 e. The van der Waals surface area contributed by atoms with Crippen LogP contribution in [0.4, 0.5) is 16.2 Å². The average molecular weight is 667 g/mol. The summed E-state index contributed by atoms with van der Waals surface area (Å²) < 4.78 is 11.9. The van der Waals surface area contributed by atoms with Crippen LogP contribution in [-0.2, 0) is 14.4 Å². The number of nitrogens with one attached hydrogen (secondary N) is 2. The van der Waals surface area contributed by atoms with Gasteiger partial charge in [-0.2, -0.15) is 0 Å². The molecule has 3 aromatic carbocycles. The Morgan fingerprint density at radius 2 is 1.65 bits per heavy atom. The molecule has 1 heterocycles. The summed E-state index contributed by atoms with van der Waals surface area (Å²) in [6.45, 7) is 7.46. The fourth-order valence-electron chi connectivity index (χ4n) is 4.18. The zero-order valence-electron chi connectivity index (χ0n) is 24.4. The molecular weight excluding hydrogens is 634 g/mol. The number of methoxy groups -OCH3 is 1. The van der Waals surface area contributed by atoms with E-state index in [0.29, 0.717) is 34.4 Å². The number of amides is 4. The van der Waals surface area contributed by atoms with Gasteiger partial charge in [-0.05, 0) is 112 Å². The summed E-state index contributed by atoms with van der Waals surface area (Å²) in [6, 6.07) is 16.2. The molecule has 9 nitrogen and oxygen atoms in total. The molecule has 1 fully saturated rings. The molecule has 0 spiro atoms. The summed E-state index contributed by atoms with van der Waals surface area (Å²) in [4.78, 5) is 51.7. The Kier molecular flexibility index (Phi) is 10.3. The molecule has 0 atom stereocenters. The number of imide groups is 1. The number of hydrogen-bond acceptors (Lipinski definition) is 7. The highest BCUT2D eigenvalue weighted by molar-refractivity contribution is 9.10. The Morgan fingerprint density at radius 3 is 2.33 bits per heavy atom. The van der Waals surface area contributed by atoms with E-state index < -0.39 is 23.6 Å². The molecular formula is C32H32BrN3O6S. The number of carbonyl (C=O) groups excluding carboxylic acids is 4. The van der Waals surface area contributed by atoms with Gasteiger partial charge in [-0.15, -0.1) is 0 Å². The number of hydrogen-bond donors (Lipinski definition) is 2. The highest BCUT2D eigenvalue weighted by Gasteiger charge is 2.36. The number of ether oxygens (including phenoxy) is 2. The Morgan fingerprint density at radius 1 is 0.953 bits per heavy atom. The van der Waals surface area contributed by atoms with E-state index in [0.717, 1.165) is 37.8 Å². The summed E-state index contributed by atoms with van der Waals surface area (Å²) in [5.74, 6) is -0.345. The Hall–Kier alpha value is -4.09. The van der Waals surface area contributed by atoms with Crippen molar-refractivity contribution in [2.75, 3.05) is 30.9 Å². The van der Waals surface area contributed by atoms with Crippen molar-refractivity contribution >= 4 is 68.1 Å². The first kappa shape index (κ1) is 31.8. The first-order valence-electron chi connectivity index (χ1n) is 13.5. The monoisotopic (exact) mass is 665 g/mol. The van der Waals surface area contributed by atoms with Gasteiger partial charge < -0.3 is 20.1 Å². The number of aryl methyl sites for hydroxylation is 2. The van der Waals surface area contributed by atoms with Crippen LogP contribution in [0.15, 0.2) is 64.0 Å². The van der Waals surface area contributed by atoms with Crippen LogP contribution < -0.4 is 20.1 Å². The number of halogens is 1. The van der Waals surface area contributed by atoms with Crippen LogP contribution in [0.3, 0.4) is 0 Å². The standard InChI is InChI=1S/C32H32BrN3O6S/c1-18(2)22-7-9-23(10-8-22)34-29(37)16-36-31(39)28(43-32(36)40)15-21-6-11-26(27(14-21)41-5)42-17-30(38)35-25-13-20(4)19(3)12-24(25)33/h6-15,18H,16-17H2,1-5H3,(H,34,37)(H,35,38)/b28-15+. The van der Waals surface area contributed by atoms with Crippen LogP contribution in [0.1, 0.15) is 42.0 Å². The van der Waals surface area contributed by atoms with Gasteiger partial charge in [0.2, 0.25) is 5.91 Å². The molecule has 2 N–H and O–H groups in total. The first-order valence-corrected chi connectivity index (χ1v) is 15.1. The van der Waals surface area contributed by atoms with Gasteiger partial charge in [0.25, 0.3) is 17.1 Å². The summed E-state index contributed by atoms with van der Waals surface area (Å²) in [5.41, 5.74) is 5.09. The highest BCUT2D eigenvalue weighted by atomic mass is 79.9. The summed E-state index contributed by atoms with van der Waals surface area (Å²) >= 11 is 4.22. The Labute approximate surface area is 263 Å². The third kappa shape index (κ3) is 8.05. The molecule has 0 bridgehead atoms. The molecule has 1 aliphatic rings. The normalized spacial score (nSPS) is 13.9. The van der Waals surface area contributed by atoms with Gasteiger partial charge in [-0.25, -0.2) is 0 Å². The molecule has 0 radical (unpaired) electrons. The summed E-state index contributed by atoms with van der Waals surface area (Å²) in [7, 11) is 1.46. The van der Waals surface area contributed by atoms with Gasteiger partial charge in [0.1, 0.15) is 6.54 Å².